The van der Waals surface area contributed by atoms with Gasteiger partial charge in [0.25, 0.3) is 0 Å². The predicted molar refractivity (Wildman–Crippen MR) is 116 cm³/mol. The number of hydrogen-bond donors (Lipinski definition) is 1. The highest BCUT2D eigenvalue weighted by atomic mass is 35.5. The van der Waals surface area contributed by atoms with Gasteiger partial charge in [0, 0.05) is 21.7 Å². The molecule has 0 spiro atoms. The fraction of sp³-hybridized carbons (Fsp3) is 0.409. The van der Waals surface area contributed by atoms with Gasteiger partial charge in [-0.1, -0.05) is 29.3 Å². The summed E-state index contributed by atoms with van der Waals surface area (Å²) in [7, 11) is 4.75. The fourth-order valence-electron chi connectivity index (χ4n) is 3.96. The van der Waals surface area contributed by atoms with Gasteiger partial charge in [0.2, 0.25) is 0 Å². The van der Waals surface area contributed by atoms with E-state index in [0.717, 1.165) is 11.1 Å². The van der Waals surface area contributed by atoms with Crippen LogP contribution in [0.4, 0.5) is 0 Å². The molecule has 0 radical (unpaired) electrons. The van der Waals surface area contributed by atoms with Crippen LogP contribution < -0.4 is 14.2 Å². The Morgan fingerprint density at radius 2 is 1.57 bits per heavy atom. The van der Waals surface area contributed by atoms with Gasteiger partial charge in [-0.25, -0.2) is 0 Å². The summed E-state index contributed by atoms with van der Waals surface area (Å²) in [5.74, 6) is 0.672. The molecular formula is C22H25Cl2NO5. The maximum atomic E-state index is 11.4. The third-order valence-electron chi connectivity index (χ3n) is 5.53. The molecule has 0 amide bonds. The van der Waals surface area contributed by atoms with E-state index in [2.05, 4.69) is 4.90 Å². The Morgan fingerprint density at radius 1 is 0.967 bits per heavy atom. The van der Waals surface area contributed by atoms with Crippen molar-refractivity contribution >= 4 is 29.2 Å². The molecule has 30 heavy (non-hydrogen) atoms. The van der Waals surface area contributed by atoms with E-state index in [1.54, 1.807) is 39.5 Å². The minimum absolute atomic E-state index is 0.265. The minimum atomic E-state index is -0.751. The molecule has 2 aromatic carbocycles. The molecule has 8 heteroatoms. The van der Waals surface area contributed by atoms with Crippen LogP contribution in [0.5, 0.6) is 17.2 Å². The van der Waals surface area contributed by atoms with Crippen LogP contribution in [0.15, 0.2) is 30.3 Å². The number of methoxy groups -OCH3 is 3. The summed E-state index contributed by atoms with van der Waals surface area (Å²) in [6.07, 6.45) is 1.12. The van der Waals surface area contributed by atoms with Crippen molar-refractivity contribution in [2.24, 2.45) is 5.92 Å². The third kappa shape index (κ3) is 4.61. The molecule has 1 N–H and O–H groups in total. The second-order valence-electron chi connectivity index (χ2n) is 7.17. The van der Waals surface area contributed by atoms with Crippen molar-refractivity contribution in [3.05, 3.63) is 51.5 Å². The summed E-state index contributed by atoms with van der Waals surface area (Å²) in [4.78, 5) is 13.6. The number of carboxylic acids is 1. The Bertz CT molecular complexity index is 913. The zero-order chi connectivity index (χ0) is 21.8. The molecule has 3 rings (SSSR count). The van der Waals surface area contributed by atoms with Gasteiger partial charge in [0.15, 0.2) is 11.5 Å². The van der Waals surface area contributed by atoms with Crippen molar-refractivity contribution in [1.82, 2.24) is 4.90 Å². The van der Waals surface area contributed by atoms with E-state index >= 15 is 0 Å². The number of hydrogen-bond acceptors (Lipinski definition) is 5. The van der Waals surface area contributed by atoms with Gasteiger partial charge < -0.3 is 19.3 Å². The van der Waals surface area contributed by atoms with Gasteiger partial charge in [-0.15, -0.1) is 0 Å². The first-order valence-corrected chi connectivity index (χ1v) is 10.4. The number of likely N-dealkylation sites (tertiary alicyclic amines) is 1. The summed E-state index contributed by atoms with van der Waals surface area (Å²) in [6, 6.07) is 8.81. The van der Waals surface area contributed by atoms with Crippen LogP contribution in [-0.2, 0) is 4.79 Å². The predicted octanol–water partition coefficient (Wildman–Crippen LogP) is 4.91. The number of ether oxygens (including phenoxy) is 3. The van der Waals surface area contributed by atoms with Crippen LogP contribution in [0.25, 0.3) is 0 Å². The molecule has 1 saturated heterocycles. The van der Waals surface area contributed by atoms with Crippen molar-refractivity contribution in [1.29, 1.82) is 0 Å². The van der Waals surface area contributed by atoms with Crippen LogP contribution >= 0.6 is 23.2 Å². The lowest BCUT2D eigenvalue weighted by Crippen LogP contribution is -2.39. The number of piperidine rings is 1. The van der Waals surface area contributed by atoms with E-state index in [0.29, 0.717) is 53.2 Å². The number of benzene rings is 2. The molecule has 1 atom stereocenters. The number of aliphatic carboxylic acids is 1. The standard InChI is InChI=1S/C22H25Cl2NO5/c1-28-18-12-20(30-3)19(29-2)11-16(18)21(15-5-4-14(23)10-17(15)24)25-8-6-13(7-9-25)22(26)27/h4-5,10-13,21H,6-9H2,1-3H3,(H,26,27). The van der Waals surface area contributed by atoms with E-state index < -0.39 is 5.97 Å². The molecule has 162 valence electrons. The molecule has 1 heterocycles. The molecule has 0 aliphatic carbocycles. The Hall–Kier alpha value is -2.15. The molecular weight excluding hydrogens is 429 g/mol. The highest BCUT2D eigenvalue weighted by Gasteiger charge is 2.33. The van der Waals surface area contributed by atoms with Crippen molar-refractivity contribution in [3.63, 3.8) is 0 Å². The molecule has 0 bridgehead atoms. The number of nitrogens with zero attached hydrogens (tertiary/aromatic N) is 1. The lowest BCUT2D eigenvalue weighted by molar-refractivity contribution is -0.143. The van der Waals surface area contributed by atoms with Crippen molar-refractivity contribution in [2.75, 3.05) is 34.4 Å². The minimum Gasteiger partial charge on any atom is -0.496 e. The quantitative estimate of drug-likeness (QED) is 0.642. The van der Waals surface area contributed by atoms with Crippen molar-refractivity contribution in [3.8, 4) is 17.2 Å². The summed E-state index contributed by atoms with van der Waals surface area (Å²) in [6.45, 7) is 1.22. The first kappa shape index (κ1) is 22.5. The van der Waals surface area contributed by atoms with Crippen LogP contribution in [0, 0.1) is 5.92 Å². The van der Waals surface area contributed by atoms with Gasteiger partial charge in [0.1, 0.15) is 5.75 Å². The molecule has 1 fully saturated rings. The largest absolute Gasteiger partial charge is 0.496 e. The Kier molecular flexibility index (Phi) is 7.34. The molecule has 0 saturated carbocycles. The molecule has 6 nitrogen and oxygen atoms in total. The topological polar surface area (TPSA) is 68.2 Å². The van der Waals surface area contributed by atoms with Gasteiger partial charge in [-0.2, -0.15) is 0 Å². The lowest BCUT2D eigenvalue weighted by Gasteiger charge is -2.38. The first-order valence-electron chi connectivity index (χ1n) is 9.61. The van der Waals surface area contributed by atoms with Gasteiger partial charge in [-0.05, 0) is 49.7 Å². The van der Waals surface area contributed by atoms with E-state index in [4.69, 9.17) is 37.4 Å². The molecule has 1 aliphatic rings. The van der Waals surface area contributed by atoms with Crippen molar-refractivity contribution in [2.45, 2.75) is 18.9 Å². The highest BCUT2D eigenvalue weighted by molar-refractivity contribution is 6.35. The van der Waals surface area contributed by atoms with Crippen LogP contribution in [0.3, 0.4) is 0 Å². The maximum Gasteiger partial charge on any atom is 0.306 e. The number of halogens is 2. The van der Waals surface area contributed by atoms with E-state index in [-0.39, 0.29) is 12.0 Å². The molecule has 0 aromatic heterocycles. The van der Waals surface area contributed by atoms with Crippen LogP contribution in [0.2, 0.25) is 10.0 Å². The molecule has 2 aromatic rings. The summed E-state index contributed by atoms with van der Waals surface area (Å²) >= 11 is 12.7. The number of carboxylic acid groups (broad SMARTS) is 1. The summed E-state index contributed by atoms with van der Waals surface area (Å²) in [5, 5.41) is 10.5. The highest BCUT2D eigenvalue weighted by Crippen LogP contribution is 2.44. The second-order valence-corrected chi connectivity index (χ2v) is 8.01. The third-order valence-corrected chi connectivity index (χ3v) is 6.09. The zero-order valence-electron chi connectivity index (χ0n) is 17.2. The monoisotopic (exact) mass is 453 g/mol. The van der Waals surface area contributed by atoms with E-state index in [1.165, 1.54) is 0 Å². The van der Waals surface area contributed by atoms with Crippen LogP contribution in [0.1, 0.15) is 30.0 Å². The fourth-order valence-corrected chi connectivity index (χ4v) is 4.47. The zero-order valence-corrected chi connectivity index (χ0v) is 18.7. The van der Waals surface area contributed by atoms with Gasteiger partial charge in [0.05, 0.1) is 33.3 Å². The second kappa shape index (κ2) is 9.77. The number of carbonyl (C=O) groups is 1. The number of rotatable bonds is 7. The molecule has 1 aliphatic heterocycles. The summed E-state index contributed by atoms with van der Waals surface area (Å²) < 4.78 is 16.6. The summed E-state index contributed by atoms with van der Waals surface area (Å²) in [5.41, 5.74) is 1.72. The average molecular weight is 454 g/mol. The first-order chi connectivity index (χ1) is 14.4. The average Bonchev–Trinajstić information content (AvgIpc) is 2.75. The van der Waals surface area contributed by atoms with Gasteiger partial charge >= 0.3 is 5.97 Å². The lowest BCUT2D eigenvalue weighted by atomic mass is 9.90. The van der Waals surface area contributed by atoms with Crippen molar-refractivity contribution < 1.29 is 24.1 Å². The SMILES string of the molecule is COc1cc(OC)c(C(c2ccc(Cl)cc2Cl)N2CCC(C(=O)O)CC2)cc1OC. The Morgan fingerprint density at radius 3 is 2.10 bits per heavy atom. The van der Waals surface area contributed by atoms with E-state index in [9.17, 15) is 9.90 Å². The van der Waals surface area contributed by atoms with E-state index in [1.807, 2.05) is 12.1 Å². The molecule has 1 unspecified atom stereocenters. The van der Waals surface area contributed by atoms with Crippen LogP contribution in [-0.4, -0.2) is 50.4 Å². The maximum absolute atomic E-state index is 11.4. The Balaban J connectivity index is 2.12. The van der Waals surface area contributed by atoms with Gasteiger partial charge in [-0.3, -0.25) is 9.69 Å². The smallest absolute Gasteiger partial charge is 0.306 e. The normalized spacial score (nSPS) is 16.2. The Labute approximate surface area is 186 Å².